The molecule has 0 saturated heterocycles. The number of alkyl halides is 3. The Morgan fingerprint density at radius 3 is 2.60 bits per heavy atom. The van der Waals surface area contributed by atoms with Crippen molar-refractivity contribution in [2.45, 2.75) is 11.6 Å². The minimum Gasteiger partial charge on any atom is -0.370 e. The monoisotopic (exact) mass is 246 g/mol. The van der Waals surface area contributed by atoms with E-state index < -0.39 is 17.5 Å². The van der Waals surface area contributed by atoms with Crippen LogP contribution in [0.1, 0.15) is 0 Å². The molecule has 0 fully saturated rings. The second kappa shape index (κ2) is 6.91. The number of halogens is 3. The van der Waals surface area contributed by atoms with Crippen LogP contribution in [0.15, 0.2) is 0 Å². The van der Waals surface area contributed by atoms with Gasteiger partial charge in [-0.2, -0.15) is 13.2 Å². The average molecular weight is 246 g/mol. The summed E-state index contributed by atoms with van der Waals surface area (Å²) in [5.41, 5.74) is 0.922. The van der Waals surface area contributed by atoms with Gasteiger partial charge in [-0.1, -0.05) is 0 Å². The van der Waals surface area contributed by atoms with Gasteiger partial charge in [-0.15, -0.1) is 0 Å². The van der Waals surface area contributed by atoms with Gasteiger partial charge in [-0.05, 0) is 11.8 Å². The summed E-state index contributed by atoms with van der Waals surface area (Å²) in [4.78, 5) is 11.1. The molecule has 0 aliphatic rings. The molecule has 0 aliphatic carbocycles. The van der Waals surface area contributed by atoms with E-state index in [1.807, 2.05) is 0 Å². The first-order valence-corrected chi connectivity index (χ1v) is 5.10. The molecule has 0 saturated carbocycles. The standard InChI is InChI=1S/C7H13F3N2O2S/c1-14-5(4-11)6(13)12-2-3-15-7(8,9)10/h5H,2-4,11H2,1H3,(H,12,13). The van der Waals surface area contributed by atoms with Crippen LogP contribution in [0.25, 0.3) is 0 Å². The fourth-order valence-electron chi connectivity index (χ4n) is 0.765. The van der Waals surface area contributed by atoms with Crippen LogP contribution in [-0.4, -0.2) is 43.5 Å². The van der Waals surface area contributed by atoms with Crippen LogP contribution in [0.3, 0.4) is 0 Å². The quantitative estimate of drug-likeness (QED) is 0.663. The lowest BCUT2D eigenvalue weighted by Gasteiger charge is -2.13. The first-order valence-electron chi connectivity index (χ1n) is 4.12. The molecule has 1 atom stereocenters. The van der Waals surface area contributed by atoms with Crippen LogP contribution in [-0.2, 0) is 9.53 Å². The van der Waals surface area contributed by atoms with Gasteiger partial charge in [0, 0.05) is 26.0 Å². The van der Waals surface area contributed by atoms with Crippen molar-refractivity contribution in [2.24, 2.45) is 5.73 Å². The minimum atomic E-state index is -4.26. The molecular weight excluding hydrogens is 233 g/mol. The molecule has 0 aromatic carbocycles. The lowest BCUT2D eigenvalue weighted by molar-refractivity contribution is -0.130. The summed E-state index contributed by atoms with van der Waals surface area (Å²) < 4.78 is 39.7. The molecule has 0 bridgehead atoms. The second-order valence-electron chi connectivity index (χ2n) is 2.55. The smallest absolute Gasteiger partial charge is 0.370 e. The molecule has 1 unspecified atom stereocenters. The summed E-state index contributed by atoms with van der Waals surface area (Å²) in [5, 5.41) is 2.29. The summed E-state index contributed by atoms with van der Waals surface area (Å²) >= 11 is -0.184. The van der Waals surface area contributed by atoms with Crippen molar-refractivity contribution in [1.29, 1.82) is 0 Å². The fourth-order valence-corrected chi connectivity index (χ4v) is 1.20. The predicted octanol–water partition coefficient (Wildman–Crippen LogP) is 0.329. The van der Waals surface area contributed by atoms with Gasteiger partial charge in [0.15, 0.2) is 0 Å². The Morgan fingerprint density at radius 2 is 2.20 bits per heavy atom. The van der Waals surface area contributed by atoms with Crippen LogP contribution in [0.2, 0.25) is 0 Å². The molecule has 0 aromatic rings. The van der Waals surface area contributed by atoms with Crippen LogP contribution < -0.4 is 11.1 Å². The van der Waals surface area contributed by atoms with E-state index in [4.69, 9.17) is 10.5 Å². The Labute approximate surface area is 89.7 Å². The topological polar surface area (TPSA) is 64.3 Å². The third-order valence-electron chi connectivity index (χ3n) is 1.46. The number of nitrogens with one attached hydrogen (secondary N) is 1. The van der Waals surface area contributed by atoms with Crippen LogP contribution >= 0.6 is 11.8 Å². The molecule has 8 heteroatoms. The van der Waals surface area contributed by atoms with Crippen molar-refractivity contribution in [2.75, 3.05) is 26.0 Å². The van der Waals surface area contributed by atoms with Crippen molar-refractivity contribution < 1.29 is 22.7 Å². The second-order valence-corrected chi connectivity index (χ2v) is 3.71. The van der Waals surface area contributed by atoms with Gasteiger partial charge in [-0.25, -0.2) is 0 Å². The summed E-state index contributed by atoms with van der Waals surface area (Å²) in [5.74, 6) is -0.723. The van der Waals surface area contributed by atoms with Crippen LogP contribution in [0.4, 0.5) is 13.2 Å². The van der Waals surface area contributed by atoms with E-state index in [-0.39, 0.29) is 30.6 Å². The number of amides is 1. The molecule has 0 spiro atoms. The number of thioether (sulfide) groups is 1. The first kappa shape index (κ1) is 14.5. The van der Waals surface area contributed by atoms with E-state index >= 15 is 0 Å². The predicted molar refractivity (Wildman–Crippen MR) is 51.4 cm³/mol. The number of rotatable bonds is 6. The van der Waals surface area contributed by atoms with Gasteiger partial charge < -0.3 is 15.8 Å². The fraction of sp³-hybridized carbons (Fsp3) is 0.857. The van der Waals surface area contributed by atoms with E-state index in [1.165, 1.54) is 7.11 Å². The normalized spacial score (nSPS) is 13.7. The third kappa shape index (κ3) is 7.46. The van der Waals surface area contributed by atoms with Crippen molar-refractivity contribution in [1.82, 2.24) is 5.32 Å². The number of ether oxygens (including phenoxy) is 1. The zero-order valence-corrected chi connectivity index (χ0v) is 8.95. The van der Waals surface area contributed by atoms with E-state index in [9.17, 15) is 18.0 Å². The van der Waals surface area contributed by atoms with Gasteiger partial charge >= 0.3 is 5.51 Å². The largest absolute Gasteiger partial charge is 0.441 e. The zero-order chi connectivity index (χ0) is 11.9. The Kier molecular flexibility index (Phi) is 6.70. The van der Waals surface area contributed by atoms with E-state index in [2.05, 4.69) is 5.32 Å². The Bertz CT molecular complexity index is 197. The van der Waals surface area contributed by atoms with Gasteiger partial charge in [0.1, 0.15) is 6.10 Å². The number of hydrogen-bond acceptors (Lipinski definition) is 4. The molecule has 4 nitrogen and oxygen atoms in total. The molecule has 0 rings (SSSR count). The highest BCUT2D eigenvalue weighted by Gasteiger charge is 2.27. The van der Waals surface area contributed by atoms with Crippen molar-refractivity contribution in [3.8, 4) is 0 Å². The maximum Gasteiger partial charge on any atom is 0.441 e. The average Bonchev–Trinajstić information content (AvgIpc) is 2.13. The number of carbonyl (C=O) groups excluding carboxylic acids is 1. The highest BCUT2D eigenvalue weighted by Crippen LogP contribution is 2.29. The van der Waals surface area contributed by atoms with Crippen molar-refractivity contribution >= 4 is 17.7 Å². The van der Waals surface area contributed by atoms with Gasteiger partial charge in [-0.3, -0.25) is 4.79 Å². The van der Waals surface area contributed by atoms with Crippen molar-refractivity contribution in [3.05, 3.63) is 0 Å². The molecule has 15 heavy (non-hydrogen) atoms. The SMILES string of the molecule is COC(CN)C(=O)NCCSC(F)(F)F. The lowest BCUT2D eigenvalue weighted by Crippen LogP contribution is -2.41. The van der Waals surface area contributed by atoms with Gasteiger partial charge in [0.05, 0.1) is 0 Å². The van der Waals surface area contributed by atoms with Gasteiger partial charge in [0.2, 0.25) is 5.91 Å². The molecular formula is C7H13F3N2O2S. The number of nitrogens with two attached hydrogens (primary N) is 1. The number of methoxy groups -OCH3 is 1. The van der Waals surface area contributed by atoms with Gasteiger partial charge in [0.25, 0.3) is 0 Å². The molecule has 1 amide bonds. The zero-order valence-electron chi connectivity index (χ0n) is 8.13. The van der Waals surface area contributed by atoms with E-state index in [0.717, 1.165) is 0 Å². The molecule has 90 valence electrons. The Hall–Kier alpha value is -0.470. The Balaban J connectivity index is 3.63. The first-order chi connectivity index (χ1) is 6.90. The minimum absolute atomic E-state index is 0.00521. The maximum atomic E-state index is 11.7. The summed E-state index contributed by atoms with van der Waals surface area (Å²) in [6, 6.07) is 0. The summed E-state index contributed by atoms with van der Waals surface area (Å²) in [6.07, 6.45) is -0.805. The van der Waals surface area contributed by atoms with Crippen LogP contribution in [0.5, 0.6) is 0 Å². The molecule has 0 aliphatic heterocycles. The maximum absolute atomic E-state index is 11.7. The molecule has 0 aromatic heterocycles. The molecule has 3 N–H and O–H groups in total. The molecule has 0 heterocycles. The number of hydrogen-bond donors (Lipinski definition) is 2. The third-order valence-corrected chi connectivity index (χ3v) is 2.19. The van der Waals surface area contributed by atoms with E-state index in [1.54, 1.807) is 0 Å². The summed E-state index contributed by atoms with van der Waals surface area (Å²) in [7, 11) is 1.31. The summed E-state index contributed by atoms with van der Waals surface area (Å²) in [6.45, 7) is -0.0718. The lowest BCUT2D eigenvalue weighted by atomic mass is 10.3. The van der Waals surface area contributed by atoms with Crippen molar-refractivity contribution in [3.63, 3.8) is 0 Å². The van der Waals surface area contributed by atoms with Crippen LogP contribution in [0, 0.1) is 0 Å². The number of carbonyl (C=O) groups is 1. The highest BCUT2D eigenvalue weighted by molar-refractivity contribution is 8.00. The Morgan fingerprint density at radius 1 is 1.60 bits per heavy atom. The van der Waals surface area contributed by atoms with E-state index in [0.29, 0.717) is 0 Å². The molecule has 0 radical (unpaired) electrons. The highest BCUT2D eigenvalue weighted by atomic mass is 32.2.